The van der Waals surface area contributed by atoms with Crippen LogP contribution in [0.5, 0.6) is 0 Å². The van der Waals surface area contributed by atoms with E-state index < -0.39 is 0 Å². The highest BCUT2D eigenvalue weighted by atomic mass is 16.2. The number of nitrogens with zero attached hydrogens (tertiary/aromatic N) is 2. The summed E-state index contributed by atoms with van der Waals surface area (Å²) in [5, 5.41) is 2.63. The number of carbonyl (C=O) groups is 2. The molecule has 21 heavy (non-hydrogen) atoms. The minimum absolute atomic E-state index is 0.0305. The largest absolute Gasteiger partial charge is 0.358 e. The summed E-state index contributed by atoms with van der Waals surface area (Å²) in [5.41, 5.74) is 6.13. The van der Waals surface area contributed by atoms with Gasteiger partial charge in [-0.15, -0.1) is 0 Å². The van der Waals surface area contributed by atoms with Gasteiger partial charge in [0, 0.05) is 45.7 Å². The summed E-state index contributed by atoms with van der Waals surface area (Å²) >= 11 is 0. The fourth-order valence-electron chi connectivity index (χ4n) is 3.28. The Morgan fingerprint density at radius 2 is 1.81 bits per heavy atom. The topological polar surface area (TPSA) is 78.7 Å². The minimum Gasteiger partial charge on any atom is -0.358 e. The van der Waals surface area contributed by atoms with E-state index in [1.54, 1.807) is 7.05 Å². The third-order valence-corrected chi connectivity index (χ3v) is 4.78. The number of piperazine rings is 1. The van der Waals surface area contributed by atoms with Gasteiger partial charge in [-0.05, 0) is 18.8 Å². The molecule has 2 atom stereocenters. The normalized spacial score (nSPS) is 27.4. The van der Waals surface area contributed by atoms with Crippen LogP contribution in [0.3, 0.4) is 0 Å². The van der Waals surface area contributed by atoms with Crippen molar-refractivity contribution in [1.82, 2.24) is 15.1 Å². The molecule has 3 N–H and O–H groups in total. The Labute approximate surface area is 127 Å². The molecule has 2 rings (SSSR count). The Bertz CT molecular complexity index is 367. The first-order valence-electron chi connectivity index (χ1n) is 8.06. The Morgan fingerprint density at radius 3 is 2.43 bits per heavy atom. The molecule has 6 nitrogen and oxygen atoms in total. The molecule has 1 saturated carbocycles. The predicted molar refractivity (Wildman–Crippen MR) is 81.6 cm³/mol. The van der Waals surface area contributed by atoms with Crippen molar-refractivity contribution in [2.45, 2.75) is 38.1 Å². The smallest absolute Gasteiger partial charge is 0.233 e. The lowest BCUT2D eigenvalue weighted by Gasteiger charge is -2.36. The average Bonchev–Trinajstić information content (AvgIpc) is 2.50. The van der Waals surface area contributed by atoms with Crippen molar-refractivity contribution >= 4 is 11.8 Å². The molecule has 2 aliphatic rings. The van der Waals surface area contributed by atoms with Crippen LogP contribution in [0.15, 0.2) is 0 Å². The number of nitrogens with two attached hydrogens (primary N) is 1. The summed E-state index contributed by atoms with van der Waals surface area (Å²) < 4.78 is 0. The van der Waals surface area contributed by atoms with Crippen LogP contribution >= 0.6 is 0 Å². The summed E-state index contributed by atoms with van der Waals surface area (Å²) in [5.74, 6) is 0.620. The number of carbonyl (C=O) groups excluding carboxylic acids is 2. The van der Waals surface area contributed by atoms with E-state index in [9.17, 15) is 9.59 Å². The van der Waals surface area contributed by atoms with Crippen molar-refractivity contribution in [1.29, 1.82) is 0 Å². The Morgan fingerprint density at radius 1 is 1.14 bits per heavy atom. The van der Waals surface area contributed by atoms with Crippen LogP contribution in [-0.2, 0) is 9.59 Å². The van der Waals surface area contributed by atoms with Gasteiger partial charge in [0.15, 0.2) is 0 Å². The van der Waals surface area contributed by atoms with Gasteiger partial charge in [-0.25, -0.2) is 0 Å². The molecule has 0 aromatic heterocycles. The van der Waals surface area contributed by atoms with Gasteiger partial charge in [0.25, 0.3) is 0 Å². The van der Waals surface area contributed by atoms with E-state index in [1.165, 1.54) is 12.8 Å². The Balaban J connectivity index is 1.73. The van der Waals surface area contributed by atoms with Crippen molar-refractivity contribution in [3.05, 3.63) is 0 Å². The van der Waals surface area contributed by atoms with Crippen LogP contribution in [0.1, 0.15) is 32.1 Å². The fourth-order valence-corrected chi connectivity index (χ4v) is 3.28. The van der Waals surface area contributed by atoms with Gasteiger partial charge < -0.3 is 16.0 Å². The van der Waals surface area contributed by atoms with E-state index in [0.717, 1.165) is 39.0 Å². The van der Waals surface area contributed by atoms with Crippen LogP contribution in [0.25, 0.3) is 0 Å². The highest BCUT2D eigenvalue weighted by molar-refractivity contribution is 5.78. The zero-order valence-electron chi connectivity index (χ0n) is 13.0. The van der Waals surface area contributed by atoms with Gasteiger partial charge in [0.1, 0.15) is 0 Å². The maximum Gasteiger partial charge on any atom is 0.233 e. The fraction of sp³-hybridized carbons (Fsp3) is 0.867. The van der Waals surface area contributed by atoms with Gasteiger partial charge in [-0.2, -0.15) is 0 Å². The van der Waals surface area contributed by atoms with Crippen molar-refractivity contribution < 1.29 is 9.59 Å². The van der Waals surface area contributed by atoms with Crippen LogP contribution in [0.2, 0.25) is 0 Å². The number of amides is 2. The Kier molecular flexibility index (Phi) is 5.99. The highest BCUT2D eigenvalue weighted by Crippen LogP contribution is 2.26. The number of nitrogens with one attached hydrogen (secondary N) is 1. The maximum absolute atomic E-state index is 12.4. The molecule has 2 unspecified atom stereocenters. The van der Waals surface area contributed by atoms with Crippen molar-refractivity contribution in [3.63, 3.8) is 0 Å². The van der Waals surface area contributed by atoms with Crippen LogP contribution in [0, 0.1) is 5.92 Å². The van der Waals surface area contributed by atoms with E-state index >= 15 is 0 Å². The molecule has 6 heteroatoms. The second kappa shape index (κ2) is 7.75. The molecule has 2 fully saturated rings. The van der Waals surface area contributed by atoms with Crippen LogP contribution in [-0.4, -0.2) is 67.4 Å². The molecule has 0 aromatic rings. The molecule has 1 heterocycles. The summed E-state index contributed by atoms with van der Waals surface area (Å²) in [6.45, 7) is 3.41. The first kappa shape index (κ1) is 16.2. The van der Waals surface area contributed by atoms with E-state index in [-0.39, 0.29) is 17.9 Å². The summed E-state index contributed by atoms with van der Waals surface area (Å²) in [7, 11) is 1.65. The van der Waals surface area contributed by atoms with E-state index in [1.807, 2.05) is 4.90 Å². The summed E-state index contributed by atoms with van der Waals surface area (Å²) in [6.07, 6.45) is 5.13. The average molecular weight is 296 g/mol. The van der Waals surface area contributed by atoms with Crippen LogP contribution < -0.4 is 11.1 Å². The van der Waals surface area contributed by atoms with Crippen LogP contribution in [0.4, 0.5) is 0 Å². The second-order valence-electron chi connectivity index (χ2n) is 6.24. The lowest BCUT2D eigenvalue weighted by atomic mass is 9.82. The van der Waals surface area contributed by atoms with Gasteiger partial charge in [-0.1, -0.05) is 12.8 Å². The molecule has 1 aliphatic heterocycles. The van der Waals surface area contributed by atoms with E-state index in [2.05, 4.69) is 10.2 Å². The molecular formula is C15H28N4O2. The van der Waals surface area contributed by atoms with Crippen molar-refractivity contribution in [2.75, 3.05) is 39.8 Å². The van der Waals surface area contributed by atoms with E-state index in [0.29, 0.717) is 18.9 Å². The first-order chi connectivity index (χ1) is 10.1. The monoisotopic (exact) mass is 296 g/mol. The molecule has 0 aromatic carbocycles. The van der Waals surface area contributed by atoms with Crippen molar-refractivity contribution in [3.8, 4) is 0 Å². The van der Waals surface area contributed by atoms with E-state index in [4.69, 9.17) is 5.73 Å². The molecule has 120 valence electrons. The highest BCUT2D eigenvalue weighted by Gasteiger charge is 2.28. The first-order valence-corrected chi connectivity index (χ1v) is 8.06. The Hall–Kier alpha value is -1.14. The third kappa shape index (κ3) is 4.68. The van der Waals surface area contributed by atoms with Gasteiger partial charge >= 0.3 is 0 Å². The van der Waals surface area contributed by atoms with Gasteiger partial charge in [0.05, 0.1) is 6.54 Å². The zero-order valence-corrected chi connectivity index (χ0v) is 13.0. The minimum atomic E-state index is 0.0305. The summed E-state index contributed by atoms with van der Waals surface area (Å²) in [6, 6.07) is 0.192. The van der Waals surface area contributed by atoms with Gasteiger partial charge in [0.2, 0.25) is 11.8 Å². The molecule has 2 amide bonds. The lowest BCUT2D eigenvalue weighted by Crippen LogP contribution is -2.51. The number of hydrogen-bond donors (Lipinski definition) is 2. The number of rotatable bonds is 4. The van der Waals surface area contributed by atoms with Gasteiger partial charge in [-0.3, -0.25) is 14.5 Å². The predicted octanol–water partition coefficient (Wildman–Crippen LogP) is -0.216. The molecular weight excluding hydrogens is 268 g/mol. The standard InChI is InChI=1S/C15H28N4O2/c1-17-14(20)11-18-6-8-19(9-7-18)15(21)10-12-4-2-3-5-13(12)16/h12-13H,2-11,16H2,1H3,(H,17,20). The second-order valence-corrected chi connectivity index (χ2v) is 6.24. The molecule has 0 radical (unpaired) electrons. The zero-order chi connectivity index (χ0) is 15.2. The lowest BCUT2D eigenvalue weighted by molar-refractivity contribution is -0.134. The molecule has 1 saturated heterocycles. The quantitative estimate of drug-likeness (QED) is 0.752. The third-order valence-electron chi connectivity index (χ3n) is 4.78. The molecule has 0 spiro atoms. The molecule has 1 aliphatic carbocycles. The number of likely N-dealkylation sites (N-methyl/N-ethyl adjacent to an activating group) is 1. The van der Waals surface area contributed by atoms with Crippen molar-refractivity contribution in [2.24, 2.45) is 11.7 Å². The number of hydrogen-bond acceptors (Lipinski definition) is 4. The maximum atomic E-state index is 12.4. The summed E-state index contributed by atoms with van der Waals surface area (Å²) in [4.78, 5) is 27.7. The SMILES string of the molecule is CNC(=O)CN1CCN(C(=O)CC2CCCCC2N)CC1. The molecule has 0 bridgehead atoms.